The summed E-state index contributed by atoms with van der Waals surface area (Å²) in [6.45, 7) is 5.24. The lowest BCUT2D eigenvalue weighted by atomic mass is 9.87. The number of nitrogens with two attached hydrogens (primary N) is 2. The molecule has 12 heteroatoms. The van der Waals surface area contributed by atoms with Gasteiger partial charge in [-0.2, -0.15) is 4.31 Å². The zero-order valence-electron chi connectivity index (χ0n) is 25.1. The molecule has 5 atom stereocenters. The minimum Gasteiger partial charge on any atom is -0.443 e. The highest BCUT2D eigenvalue weighted by atomic mass is 32.2. The number of nitrogen functional groups attached to an aromatic ring is 1. The molecule has 2 unspecified atom stereocenters. The van der Waals surface area contributed by atoms with Crippen LogP contribution >= 0.6 is 0 Å². The zero-order chi connectivity index (χ0) is 31.0. The molecule has 2 aliphatic rings. The van der Waals surface area contributed by atoms with Crippen LogP contribution < -0.4 is 16.8 Å². The van der Waals surface area contributed by atoms with Gasteiger partial charge in [0.2, 0.25) is 10.0 Å². The van der Waals surface area contributed by atoms with Gasteiger partial charge in [-0.15, -0.1) is 0 Å². The summed E-state index contributed by atoms with van der Waals surface area (Å²) in [6.07, 6.45) is 0.629. The van der Waals surface area contributed by atoms with Crippen molar-refractivity contribution in [2.45, 2.75) is 75.4 Å². The number of benzene rings is 2. The maximum atomic E-state index is 14.0. The molecule has 2 heterocycles. The summed E-state index contributed by atoms with van der Waals surface area (Å²) in [6, 6.07) is 14.7. The van der Waals surface area contributed by atoms with Crippen molar-refractivity contribution < 1.29 is 32.5 Å². The first-order valence-corrected chi connectivity index (χ1v) is 16.4. The van der Waals surface area contributed by atoms with Gasteiger partial charge in [0.1, 0.15) is 6.10 Å². The van der Waals surface area contributed by atoms with Crippen molar-refractivity contribution in [3.05, 3.63) is 60.2 Å². The molecule has 2 aromatic rings. The van der Waals surface area contributed by atoms with Crippen LogP contribution in [0.15, 0.2) is 59.5 Å². The van der Waals surface area contributed by atoms with Gasteiger partial charge in [0.05, 0.1) is 36.2 Å². The summed E-state index contributed by atoms with van der Waals surface area (Å²) in [5.74, 6) is -0.0382. The first-order valence-electron chi connectivity index (χ1n) is 15.0. The summed E-state index contributed by atoms with van der Waals surface area (Å²) >= 11 is 0. The Kier molecular flexibility index (Phi) is 11.4. The number of nitrogens with zero attached hydrogens (tertiary/aromatic N) is 1. The third kappa shape index (κ3) is 9.13. The normalized spacial score (nSPS) is 21.8. The largest absolute Gasteiger partial charge is 0.443 e. The van der Waals surface area contributed by atoms with Gasteiger partial charge in [-0.3, -0.25) is 0 Å². The molecule has 0 aromatic heterocycles. The number of aliphatic hydroxyl groups excluding tert-OH is 1. The van der Waals surface area contributed by atoms with Crippen LogP contribution in [0.2, 0.25) is 0 Å². The van der Waals surface area contributed by atoms with Crippen LogP contribution in [0.5, 0.6) is 0 Å². The molecule has 4 rings (SSSR count). The molecule has 11 nitrogen and oxygen atoms in total. The Morgan fingerprint density at radius 2 is 1.93 bits per heavy atom. The van der Waals surface area contributed by atoms with Crippen molar-refractivity contribution in [2.24, 2.45) is 17.1 Å². The number of anilines is 1. The predicted molar refractivity (Wildman–Crippen MR) is 163 cm³/mol. The van der Waals surface area contributed by atoms with E-state index < -0.39 is 39.8 Å². The Hall–Kier alpha value is -2.74. The number of aliphatic hydroxyl groups is 1. The minimum absolute atomic E-state index is 0.0382. The summed E-state index contributed by atoms with van der Waals surface area (Å²) < 4.78 is 46.1. The van der Waals surface area contributed by atoms with Crippen LogP contribution in [0.1, 0.15) is 45.1 Å². The van der Waals surface area contributed by atoms with Gasteiger partial charge < -0.3 is 36.1 Å². The fourth-order valence-corrected chi connectivity index (χ4v) is 7.44. The van der Waals surface area contributed by atoms with E-state index in [2.05, 4.69) is 5.32 Å². The molecule has 6 N–H and O–H groups in total. The molecular formula is C31H46N4O7S. The van der Waals surface area contributed by atoms with Crippen LogP contribution in [0, 0.1) is 11.3 Å². The number of sulfonamides is 1. The van der Waals surface area contributed by atoms with Crippen LogP contribution in [0.4, 0.5) is 10.5 Å². The standard InChI is InChI=1S/C31H46N4O7S/c1-31(2,14-6-7-15-32)21-35(43(38,39)24-12-8-11-23(33)18-24)19-27(36)26(17-22-9-4-3-5-10-22)34-30(37)42-28-20-41-29-25(28)13-16-40-29/h3-5,8-12,18,25-29,36H,6-7,13-17,19-21,32-33H2,1-2H3,(H,34,37)/t25?,26-,27+,28-,29?/m0/s1. The molecule has 0 aliphatic carbocycles. The number of fused-ring (bicyclic) bond motifs is 1. The van der Waals surface area contributed by atoms with E-state index >= 15 is 0 Å². The Morgan fingerprint density at radius 1 is 1.16 bits per heavy atom. The lowest BCUT2D eigenvalue weighted by Crippen LogP contribution is -2.52. The first-order chi connectivity index (χ1) is 20.5. The van der Waals surface area contributed by atoms with E-state index in [-0.39, 0.29) is 43.2 Å². The molecule has 0 spiro atoms. The van der Waals surface area contributed by atoms with Gasteiger partial charge in [-0.25, -0.2) is 13.2 Å². The van der Waals surface area contributed by atoms with Crippen molar-refractivity contribution in [1.29, 1.82) is 0 Å². The minimum atomic E-state index is -4.05. The summed E-state index contributed by atoms with van der Waals surface area (Å²) in [7, 11) is -4.05. The number of amides is 1. The number of rotatable bonds is 15. The van der Waals surface area contributed by atoms with E-state index in [9.17, 15) is 18.3 Å². The second-order valence-electron chi connectivity index (χ2n) is 12.3. The topological polar surface area (TPSA) is 166 Å². The van der Waals surface area contributed by atoms with Crippen molar-refractivity contribution in [1.82, 2.24) is 9.62 Å². The number of ether oxygens (including phenoxy) is 3. The third-order valence-corrected chi connectivity index (χ3v) is 9.92. The number of hydrogen-bond donors (Lipinski definition) is 4. The second kappa shape index (κ2) is 14.8. The van der Waals surface area contributed by atoms with Gasteiger partial charge in [-0.05, 0) is 61.4 Å². The molecule has 0 radical (unpaired) electrons. The predicted octanol–water partition coefficient (Wildman–Crippen LogP) is 2.87. The van der Waals surface area contributed by atoms with Crippen molar-refractivity contribution in [3.63, 3.8) is 0 Å². The number of carbonyl (C=O) groups excluding carboxylic acids is 1. The van der Waals surface area contributed by atoms with Crippen molar-refractivity contribution in [3.8, 4) is 0 Å². The molecular weight excluding hydrogens is 572 g/mol. The average molecular weight is 619 g/mol. The molecule has 2 aliphatic heterocycles. The lowest BCUT2D eigenvalue weighted by Gasteiger charge is -2.35. The van der Waals surface area contributed by atoms with Crippen molar-refractivity contribution >= 4 is 21.8 Å². The van der Waals surface area contributed by atoms with E-state index in [1.165, 1.54) is 16.4 Å². The molecule has 2 saturated heterocycles. The molecule has 238 valence electrons. The third-order valence-electron chi connectivity index (χ3n) is 8.11. The fraction of sp³-hybridized carbons (Fsp3) is 0.581. The Balaban J connectivity index is 1.55. The maximum Gasteiger partial charge on any atom is 0.407 e. The monoisotopic (exact) mass is 618 g/mol. The SMILES string of the molecule is CC(C)(CCCCN)CN(C[C@@H](O)[C@H](Cc1ccccc1)NC(=O)O[C@H]1COC2OCCC21)S(=O)(=O)c1cccc(N)c1. The highest BCUT2D eigenvalue weighted by Gasteiger charge is 2.44. The molecule has 2 fully saturated rings. The average Bonchev–Trinajstić information content (AvgIpc) is 3.58. The maximum absolute atomic E-state index is 14.0. The van der Waals surface area contributed by atoms with E-state index in [1.807, 2.05) is 44.2 Å². The summed E-state index contributed by atoms with van der Waals surface area (Å²) in [5, 5.41) is 14.4. The smallest absolute Gasteiger partial charge is 0.407 e. The Labute approximate surface area is 254 Å². The zero-order valence-corrected chi connectivity index (χ0v) is 25.9. The number of nitrogens with one attached hydrogen (secondary N) is 1. The molecule has 0 saturated carbocycles. The second-order valence-corrected chi connectivity index (χ2v) is 14.2. The van der Waals surface area contributed by atoms with Crippen LogP contribution in [-0.4, -0.2) is 81.3 Å². The summed E-state index contributed by atoms with van der Waals surface area (Å²) in [4.78, 5) is 13.2. The Morgan fingerprint density at radius 3 is 2.65 bits per heavy atom. The van der Waals surface area contributed by atoms with E-state index in [4.69, 9.17) is 25.7 Å². The molecule has 2 aromatic carbocycles. The highest BCUT2D eigenvalue weighted by molar-refractivity contribution is 7.89. The number of hydrogen-bond acceptors (Lipinski definition) is 9. The van der Waals surface area contributed by atoms with Gasteiger partial charge in [0.25, 0.3) is 0 Å². The summed E-state index contributed by atoms with van der Waals surface area (Å²) in [5.41, 5.74) is 12.4. The van der Waals surface area contributed by atoms with Gasteiger partial charge in [0, 0.05) is 18.8 Å². The highest BCUT2D eigenvalue weighted by Crippen LogP contribution is 2.33. The van der Waals surface area contributed by atoms with Gasteiger partial charge in [-0.1, -0.05) is 56.7 Å². The fourth-order valence-electron chi connectivity index (χ4n) is 5.73. The lowest BCUT2D eigenvalue weighted by molar-refractivity contribution is -0.0907. The molecule has 1 amide bonds. The van der Waals surface area contributed by atoms with Crippen LogP contribution in [-0.2, 0) is 30.7 Å². The Bertz CT molecular complexity index is 1290. The number of alkyl carbamates (subject to hydrolysis) is 1. The number of carbonyl (C=O) groups is 1. The first kappa shape index (κ1) is 33.2. The molecule has 0 bridgehead atoms. The van der Waals surface area contributed by atoms with Crippen LogP contribution in [0.25, 0.3) is 0 Å². The quantitative estimate of drug-likeness (QED) is 0.173. The van der Waals surface area contributed by atoms with Crippen molar-refractivity contribution in [2.75, 3.05) is 38.6 Å². The van der Waals surface area contributed by atoms with E-state index in [0.717, 1.165) is 31.2 Å². The van der Waals surface area contributed by atoms with E-state index in [0.29, 0.717) is 18.8 Å². The van der Waals surface area contributed by atoms with Gasteiger partial charge in [0.15, 0.2) is 6.29 Å². The van der Waals surface area contributed by atoms with Gasteiger partial charge >= 0.3 is 6.09 Å². The van der Waals surface area contributed by atoms with E-state index in [1.54, 1.807) is 12.1 Å². The molecule has 43 heavy (non-hydrogen) atoms. The van der Waals surface area contributed by atoms with Crippen LogP contribution in [0.3, 0.4) is 0 Å². The number of unbranched alkanes of at least 4 members (excludes halogenated alkanes) is 1.